The first kappa shape index (κ1) is 12.0. The zero-order chi connectivity index (χ0) is 13.4. The molecule has 100 valence electrons. The number of carboxylic acids is 1. The highest BCUT2D eigenvalue weighted by Crippen LogP contribution is 2.37. The number of imidazole rings is 1. The number of hydrogen-bond acceptors (Lipinski definition) is 3. The summed E-state index contributed by atoms with van der Waals surface area (Å²) < 4.78 is 0. The van der Waals surface area contributed by atoms with Crippen LogP contribution in [0.2, 0.25) is 0 Å². The van der Waals surface area contributed by atoms with Gasteiger partial charge in [-0.05, 0) is 36.6 Å². The Morgan fingerprint density at radius 3 is 2.89 bits per heavy atom. The fourth-order valence-electron chi connectivity index (χ4n) is 2.37. The molecule has 0 bridgehead atoms. The van der Waals surface area contributed by atoms with Crippen LogP contribution in [-0.2, 0) is 11.3 Å². The molecule has 6 heteroatoms. The highest BCUT2D eigenvalue weighted by Gasteiger charge is 2.42. The Morgan fingerprint density at radius 2 is 2.16 bits per heavy atom. The molecule has 1 aliphatic rings. The Balaban J connectivity index is 1.57. The van der Waals surface area contributed by atoms with Gasteiger partial charge in [-0.25, -0.2) is 4.79 Å². The summed E-state index contributed by atoms with van der Waals surface area (Å²) in [7, 11) is 0. The van der Waals surface area contributed by atoms with Gasteiger partial charge in [-0.15, -0.1) is 0 Å². The first-order valence-corrected chi connectivity index (χ1v) is 6.28. The van der Waals surface area contributed by atoms with E-state index in [-0.39, 0.29) is 17.5 Å². The predicted octanol–water partition coefficient (Wildman–Crippen LogP) is 0.667. The van der Waals surface area contributed by atoms with Crippen LogP contribution in [0.15, 0.2) is 23.0 Å². The van der Waals surface area contributed by atoms with Crippen molar-refractivity contribution in [1.82, 2.24) is 15.3 Å². The van der Waals surface area contributed by atoms with Gasteiger partial charge in [0.2, 0.25) is 0 Å². The molecular weight excluding hydrogens is 246 g/mol. The lowest BCUT2D eigenvalue weighted by Crippen LogP contribution is -2.18. The summed E-state index contributed by atoms with van der Waals surface area (Å²) in [6.07, 6.45) is 0.770. The second kappa shape index (κ2) is 4.55. The van der Waals surface area contributed by atoms with Gasteiger partial charge >= 0.3 is 11.7 Å². The maximum absolute atomic E-state index is 11.1. The van der Waals surface area contributed by atoms with Crippen LogP contribution in [0, 0.1) is 11.8 Å². The fourth-order valence-corrected chi connectivity index (χ4v) is 2.37. The number of aliphatic carboxylic acids is 1. The predicted molar refractivity (Wildman–Crippen MR) is 69.9 cm³/mol. The van der Waals surface area contributed by atoms with Crippen molar-refractivity contribution in [3.05, 3.63) is 34.2 Å². The molecule has 1 aromatic heterocycles. The lowest BCUT2D eigenvalue weighted by molar-refractivity contribution is -0.138. The lowest BCUT2D eigenvalue weighted by atomic mass is 10.2. The Labute approximate surface area is 108 Å². The van der Waals surface area contributed by atoms with Crippen molar-refractivity contribution in [2.24, 2.45) is 11.8 Å². The molecule has 2 atom stereocenters. The molecule has 3 rings (SSSR count). The largest absolute Gasteiger partial charge is 0.481 e. The Hall–Kier alpha value is -2.08. The number of benzene rings is 1. The van der Waals surface area contributed by atoms with Crippen molar-refractivity contribution >= 4 is 17.0 Å². The van der Waals surface area contributed by atoms with Crippen molar-refractivity contribution in [3.63, 3.8) is 0 Å². The summed E-state index contributed by atoms with van der Waals surface area (Å²) in [5, 5.41) is 12.1. The smallest absolute Gasteiger partial charge is 0.323 e. The molecular formula is C13H15N3O3. The second-order valence-electron chi connectivity index (χ2n) is 5.03. The number of rotatable bonds is 5. The van der Waals surface area contributed by atoms with Crippen LogP contribution in [0.4, 0.5) is 0 Å². The lowest BCUT2D eigenvalue weighted by Gasteiger charge is -2.04. The Kier molecular flexibility index (Phi) is 2.87. The van der Waals surface area contributed by atoms with Crippen LogP contribution >= 0.6 is 0 Å². The van der Waals surface area contributed by atoms with Crippen LogP contribution in [0.3, 0.4) is 0 Å². The third kappa shape index (κ3) is 2.53. The van der Waals surface area contributed by atoms with Gasteiger partial charge in [0, 0.05) is 6.54 Å². The average Bonchev–Trinajstić information content (AvgIpc) is 3.03. The van der Waals surface area contributed by atoms with E-state index in [9.17, 15) is 9.59 Å². The highest BCUT2D eigenvalue weighted by atomic mass is 16.4. The van der Waals surface area contributed by atoms with Crippen LogP contribution < -0.4 is 11.0 Å². The minimum atomic E-state index is -0.696. The minimum absolute atomic E-state index is 0.170. The number of aromatic amines is 2. The standard InChI is InChI=1S/C13H15N3O3/c17-12(18)9-4-8(9)6-14-5-7-1-2-10-11(3-7)16-13(19)15-10/h1-3,8-9,14H,4-6H2,(H,17,18)(H2,15,16,19). The average molecular weight is 261 g/mol. The maximum Gasteiger partial charge on any atom is 0.323 e. The summed E-state index contributed by atoms with van der Waals surface area (Å²) in [6.45, 7) is 1.39. The van der Waals surface area contributed by atoms with Crippen LogP contribution in [-0.4, -0.2) is 27.6 Å². The second-order valence-corrected chi connectivity index (χ2v) is 5.03. The molecule has 1 saturated carbocycles. The molecule has 0 spiro atoms. The van der Waals surface area contributed by atoms with E-state index < -0.39 is 5.97 Å². The number of aromatic nitrogens is 2. The summed E-state index contributed by atoms with van der Waals surface area (Å²) in [4.78, 5) is 27.2. The van der Waals surface area contributed by atoms with Crippen LogP contribution in [0.5, 0.6) is 0 Å². The van der Waals surface area contributed by atoms with Crippen molar-refractivity contribution in [2.75, 3.05) is 6.54 Å². The first-order chi connectivity index (χ1) is 9.13. The van der Waals surface area contributed by atoms with Gasteiger partial charge in [0.15, 0.2) is 0 Å². The fraction of sp³-hybridized carbons (Fsp3) is 0.385. The van der Waals surface area contributed by atoms with Crippen molar-refractivity contribution in [1.29, 1.82) is 0 Å². The van der Waals surface area contributed by atoms with Gasteiger partial charge in [0.1, 0.15) is 0 Å². The summed E-state index contributed by atoms with van der Waals surface area (Å²) >= 11 is 0. The zero-order valence-corrected chi connectivity index (χ0v) is 10.3. The highest BCUT2D eigenvalue weighted by molar-refractivity contribution is 5.75. The topological polar surface area (TPSA) is 98.0 Å². The third-order valence-corrected chi connectivity index (χ3v) is 3.56. The van der Waals surface area contributed by atoms with Crippen LogP contribution in [0.25, 0.3) is 11.0 Å². The van der Waals surface area contributed by atoms with E-state index in [0.717, 1.165) is 29.6 Å². The van der Waals surface area contributed by atoms with Crippen molar-refractivity contribution in [3.8, 4) is 0 Å². The summed E-state index contributed by atoms with van der Waals surface area (Å²) in [5.41, 5.74) is 2.44. The normalized spacial score (nSPS) is 21.7. The molecule has 2 aromatic rings. The SMILES string of the molecule is O=C(O)C1CC1CNCc1ccc2[nH]c(=O)[nH]c2c1. The molecule has 1 aromatic carbocycles. The quantitative estimate of drug-likeness (QED) is 0.635. The molecule has 19 heavy (non-hydrogen) atoms. The van der Waals surface area contributed by atoms with E-state index in [2.05, 4.69) is 15.3 Å². The molecule has 1 heterocycles. The number of carbonyl (C=O) groups is 1. The van der Waals surface area contributed by atoms with Gasteiger partial charge in [0.05, 0.1) is 17.0 Å². The summed E-state index contributed by atoms with van der Waals surface area (Å²) in [6, 6.07) is 5.73. The third-order valence-electron chi connectivity index (χ3n) is 3.56. The van der Waals surface area contributed by atoms with E-state index in [4.69, 9.17) is 5.11 Å². The molecule has 0 saturated heterocycles. The van der Waals surface area contributed by atoms with E-state index in [0.29, 0.717) is 6.54 Å². The van der Waals surface area contributed by atoms with Crippen molar-refractivity contribution in [2.45, 2.75) is 13.0 Å². The van der Waals surface area contributed by atoms with E-state index >= 15 is 0 Å². The van der Waals surface area contributed by atoms with Gasteiger partial charge in [0.25, 0.3) is 0 Å². The molecule has 0 radical (unpaired) electrons. The Bertz CT molecular complexity index is 673. The number of H-pyrrole nitrogens is 2. The van der Waals surface area contributed by atoms with Gasteiger partial charge < -0.3 is 20.4 Å². The molecule has 1 fully saturated rings. The van der Waals surface area contributed by atoms with Crippen molar-refractivity contribution < 1.29 is 9.90 Å². The zero-order valence-electron chi connectivity index (χ0n) is 10.3. The molecule has 4 N–H and O–H groups in total. The molecule has 2 unspecified atom stereocenters. The number of fused-ring (bicyclic) bond motifs is 1. The monoisotopic (exact) mass is 261 g/mol. The first-order valence-electron chi connectivity index (χ1n) is 6.28. The maximum atomic E-state index is 11.1. The van der Waals surface area contributed by atoms with Gasteiger partial charge in [-0.2, -0.15) is 0 Å². The minimum Gasteiger partial charge on any atom is -0.481 e. The molecule has 0 aliphatic heterocycles. The van der Waals surface area contributed by atoms with E-state index in [1.54, 1.807) is 0 Å². The molecule has 1 aliphatic carbocycles. The number of nitrogens with one attached hydrogen (secondary N) is 3. The number of hydrogen-bond donors (Lipinski definition) is 4. The number of carboxylic acid groups (broad SMARTS) is 1. The Morgan fingerprint density at radius 1 is 1.37 bits per heavy atom. The van der Waals surface area contributed by atoms with E-state index in [1.807, 2.05) is 18.2 Å². The van der Waals surface area contributed by atoms with E-state index in [1.165, 1.54) is 0 Å². The summed E-state index contributed by atoms with van der Waals surface area (Å²) in [5.74, 6) is -0.609. The van der Waals surface area contributed by atoms with Gasteiger partial charge in [-0.1, -0.05) is 6.07 Å². The molecule has 0 amide bonds. The molecule has 6 nitrogen and oxygen atoms in total. The van der Waals surface area contributed by atoms with Gasteiger partial charge in [-0.3, -0.25) is 4.79 Å². The van der Waals surface area contributed by atoms with Crippen LogP contribution in [0.1, 0.15) is 12.0 Å².